The molecule has 0 radical (unpaired) electrons. The maximum absolute atomic E-state index is 12.3. The second kappa shape index (κ2) is 5.95. The Kier molecular flexibility index (Phi) is 4.30. The van der Waals surface area contributed by atoms with Gasteiger partial charge in [-0.2, -0.15) is 0 Å². The van der Waals surface area contributed by atoms with Crippen LogP contribution in [0.3, 0.4) is 0 Å². The summed E-state index contributed by atoms with van der Waals surface area (Å²) in [5, 5.41) is 1.16. The van der Waals surface area contributed by atoms with E-state index in [2.05, 4.69) is 4.90 Å². The van der Waals surface area contributed by atoms with E-state index >= 15 is 0 Å². The van der Waals surface area contributed by atoms with Crippen molar-refractivity contribution in [3.8, 4) is 0 Å². The summed E-state index contributed by atoms with van der Waals surface area (Å²) in [4.78, 5) is 14.4. The smallest absolute Gasteiger partial charge is 0.258 e. The van der Waals surface area contributed by atoms with Crippen molar-refractivity contribution in [3.63, 3.8) is 0 Å². The van der Waals surface area contributed by atoms with Crippen LogP contribution >= 0.6 is 0 Å². The van der Waals surface area contributed by atoms with Gasteiger partial charge in [-0.25, -0.2) is 5.84 Å². The summed E-state index contributed by atoms with van der Waals surface area (Å²) >= 11 is 0. The molecular formula is C13H19N3O2. The molecule has 1 aromatic carbocycles. The molecule has 5 nitrogen and oxygen atoms in total. The zero-order chi connectivity index (χ0) is 13.0. The van der Waals surface area contributed by atoms with Gasteiger partial charge >= 0.3 is 0 Å². The predicted octanol–water partition coefficient (Wildman–Crippen LogP) is 0.392. The Morgan fingerprint density at radius 2 is 1.94 bits per heavy atom. The number of carbonyl (C=O) groups is 1. The third-order valence-corrected chi connectivity index (χ3v) is 3.11. The van der Waals surface area contributed by atoms with Gasteiger partial charge in [-0.15, -0.1) is 0 Å². The van der Waals surface area contributed by atoms with Gasteiger partial charge in [0, 0.05) is 20.1 Å². The Morgan fingerprint density at radius 3 is 2.50 bits per heavy atom. The molecule has 1 aliphatic rings. The van der Waals surface area contributed by atoms with E-state index in [0.717, 1.165) is 23.7 Å². The average Bonchev–Trinajstić information content (AvgIpc) is 2.41. The molecule has 0 aromatic heterocycles. The fourth-order valence-corrected chi connectivity index (χ4v) is 2.17. The highest BCUT2D eigenvalue weighted by atomic mass is 16.5. The van der Waals surface area contributed by atoms with Crippen LogP contribution in [-0.2, 0) is 9.53 Å². The molecule has 0 saturated carbocycles. The van der Waals surface area contributed by atoms with E-state index in [1.165, 1.54) is 0 Å². The molecule has 2 rings (SSSR count). The fourth-order valence-electron chi connectivity index (χ4n) is 2.17. The van der Waals surface area contributed by atoms with Crippen molar-refractivity contribution >= 4 is 5.91 Å². The van der Waals surface area contributed by atoms with Crippen molar-refractivity contribution in [2.75, 3.05) is 33.4 Å². The van der Waals surface area contributed by atoms with Crippen LogP contribution in [0.15, 0.2) is 30.3 Å². The van der Waals surface area contributed by atoms with Crippen molar-refractivity contribution in [2.45, 2.75) is 6.04 Å². The molecule has 98 valence electrons. The zero-order valence-corrected chi connectivity index (χ0v) is 10.6. The van der Waals surface area contributed by atoms with Crippen LogP contribution in [0.1, 0.15) is 11.6 Å². The lowest BCUT2D eigenvalue weighted by molar-refractivity contribution is -0.138. The molecule has 18 heavy (non-hydrogen) atoms. The van der Waals surface area contributed by atoms with Crippen molar-refractivity contribution in [1.82, 2.24) is 9.91 Å². The molecule has 0 bridgehead atoms. The Hall–Kier alpha value is -1.43. The monoisotopic (exact) mass is 249 g/mol. The quantitative estimate of drug-likeness (QED) is 0.478. The van der Waals surface area contributed by atoms with Gasteiger partial charge in [0.2, 0.25) is 0 Å². The first kappa shape index (κ1) is 13.0. The molecule has 1 aliphatic heterocycles. The number of nitrogens with two attached hydrogens (primary N) is 1. The van der Waals surface area contributed by atoms with Gasteiger partial charge in [0.05, 0.1) is 13.2 Å². The minimum atomic E-state index is -0.315. The second-order valence-corrected chi connectivity index (χ2v) is 4.41. The minimum absolute atomic E-state index is 0.0944. The number of ether oxygens (including phenoxy) is 1. The van der Waals surface area contributed by atoms with Crippen LogP contribution in [0.25, 0.3) is 0 Å². The Balaban J connectivity index is 2.25. The highest BCUT2D eigenvalue weighted by Crippen LogP contribution is 2.23. The van der Waals surface area contributed by atoms with E-state index in [9.17, 15) is 4.79 Å². The number of nitrogens with zero attached hydrogens (tertiary/aromatic N) is 2. The summed E-state index contributed by atoms with van der Waals surface area (Å²) in [5.41, 5.74) is 0.974. The van der Waals surface area contributed by atoms with Crippen LogP contribution in [0, 0.1) is 0 Å². The topological polar surface area (TPSA) is 58.8 Å². The SMILES string of the molecule is CN(N)C(=O)[C@@H](c1ccccc1)N1CCOCC1. The highest BCUT2D eigenvalue weighted by molar-refractivity contribution is 5.82. The molecule has 1 heterocycles. The van der Waals surface area contributed by atoms with Crippen molar-refractivity contribution in [2.24, 2.45) is 5.84 Å². The maximum atomic E-state index is 12.3. The molecule has 1 saturated heterocycles. The van der Waals surface area contributed by atoms with Gasteiger partial charge < -0.3 is 4.74 Å². The number of likely N-dealkylation sites (N-methyl/N-ethyl adjacent to an activating group) is 1. The van der Waals surface area contributed by atoms with Crippen LogP contribution in [0.2, 0.25) is 0 Å². The Bertz CT molecular complexity index is 388. The Morgan fingerprint density at radius 1 is 1.33 bits per heavy atom. The number of hydrogen-bond donors (Lipinski definition) is 1. The first-order valence-electron chi connectivity index (χ1n) is 6.09. The number of amides is 1. The van der Waals surface area contributed by atoms with E-state index in [1.54, 1.807) is 7.05 Å². The largest absolute Gasteiger partial charge is 0.379 e. The van der Waals surface area contributed by atoms with E-state index in [4.69, 9.17) is 10.6 Å². The molecule has 0 unspecified atom stereocenters. The molecule has 0 aliphatic carbocycles. The third kappa shape index (κ3) is 2.87. The van der Waals surface area contributed by atoms with Crippen molar-refractivity contribution in [1.29, 1.82) is 0 Å². The van der Waals surface area contributed by atoms with Crippen LogP contribution in [0.5, 0.6) is 0 Å². The summed E-state index contributed by atoms with van der Waals surface area (Å²) in [6, 6.07) is 9.42. The number of morpholine rings is 1. The van der Waals surface area contributed by atoms with Gasteiger partial charge in [0.1, 0.15) is 6.04 Å². The second-order valence-electron chi connectivity index (χ2n) is 4.41. The highest BCUT2D eigenvalue weighted by Gasteiger charge is 2.30. The fraction of sp³-hybridized carbons (Fsp3) is 0.462. The predicted molar refractivity (Wildman–Crippen MR) is 68.5 cm³/mol. The van der Waals surface area contributed by atoms with Gasteiger partial charge in [0.25, 0.3) is 5.91 Å². The number of hydrazine groups is 1. The summed E-state index contributed by atoms with van der Waals surface area (Å²) in [7, 11) is 1.58. The van der Waals surface area contributed by atoms with Crippen LogP contribution < -0.4 is 5.84 Å². The summed E-state index contributed by atoms with van der Waals surface area (Å²) in [6.07, 6.45) is 0. The van der Waals surface area contributed by atoms with Gasteiger partial charge in [-0.3, -0.25) is 14.7 Å². The standard InChI is InChI=1S/C13H19N3O2/c1-15(14)13(17)12(11-5-3-2-4-6-11)16-7-9-18-10-8-16/h2-6,12H,7-10,14H2,1H3/t12-/m1/s1. The average molecular weight is 249 g/mol. The lowest BCUT2D eigenvalue weighted by Gasteiger charge is -2.34. The van der Waals surface area contributed by atoms with E-state index in [0.29, 0.717) is 13.2 Å². The first-order chi connectivity index (χ1) is 8.70. The van der Waals surface area contributed by atoms with Crippen LogP contribution in [-0.4, -0.2) is 49.2 Å². The number of carbonyl (C=O) groups excluding carboxylic acids is 1. The molecule has 1 fully saturated rings. The molecule has 1 aromatic rings. The van der Waals surface area contributed by atoms with Crippen LogP contribution in [0.4, 0.5) is 0 Å². The number of rotatable bonds is 3. The lowest BCUT2D eigenvalue weighted by atomic mass is 10.0. The van der Waals surface area contributed by atoms with Crippen molar-refractivity contribution in [3.05, 3.63) is 35.9 Å². The molecule has 5 heteroatoms. The zero-order valence-electron chi connectivity index (χ0n) is 10.6. The first-order valence-corrected chi connectivity index (χ1v) is 6.09. The van der Waals surface area contributed by atoms with E-state index < -0.39 is 0 Å². The lowest BCUT2D eigenvalue weighted by Crippen LogP contribution is -2.48. The third-order valence-electron chi connectivity index (χ3n) is 3.11. The Labute approximate surface area is 107 Å². The number of benzene rings is 1. The summed E-state index contributed by atoms with van der Waals surface area (Å²) in [6.45, 7) is 2.81. The van der Waals surface area contributed by atoms with Gasteiger partial charge in [-0.05, 0) is 5.56 Å². The normalized spacial score (nSPS) is 18.3. The minimum Gasteiger partial charge on any atom is -0.379 e. The van der Waals surface area contributed by atoms with Gasteiger partial charge in [-0.1, -0.05) is 30.3 Å². The summed E-state index contributed by atoms with van der Waals surface area (Å²) < 4.78 is 5.33. The van der Waals surface area contributed by atoms with Gasteiger partial charge in [0.15, 0.2) is 0 Å². The van der Waals surface area contributed by atoms with E-state index in [-0.39, 0.29) is 11.9 Å². The number of hydrogen-bond acceptors (Lipinski definition) is 4. The van der Waals surface area contributed by atoms with E-state index in [1.807, 2.05) is 30.3 Å². The molecule has 0 spiro atoms. The maximum Gasteiger partial charge on any atom is 0.258 e. The molecule has 2 N–H and O–H groups in total. The summed E-state index contributed by atoms with van der Waals surface area (Å²) in [5.74, 6) is 5.51. The molecule has 1 atom stereocenters. The van der Waals surface area contributed by atoms with Crippen molar-refractivity contribution < 1.29 is 9.53 Å². The molecular weight excluding hydrogens is 230 g/mol. The molecule has 1 amide bonds.